The van der Waals surface area contributed by atoms with E-state index in [1.807, 2.05) is 47.6 Å². The van der Waals surface area contributed by atoms with E-state index < -0.39 is 0 Å². The average molecular weight is 319 g/mol. The van der Waals surface area contributed by atoms with Gasteiger partial charge in [-0.05, 0) is 55.0 Å². The van der Waals surface area contributed by atoms with E-state index in [0.717, 1.165) is 43.3 Å². The van der Waals surface area contributed by atoms with Crippen molar-refractivity contribution in [3.8, 4) is 0 Å². The van der Waals surface area contributed by atoms with E-state index in [2.05, 4.69) is 22.1 Å². The number of aromatic amines is 1. The zero-order valence-electron chi connectivity index (χ0n) is 13.6. The molecule has 2 aromatic heterocycles. The molecule has 1 aliphatic rings. The molecule has 1 aromatic carbocycles. The molecule has 0 bridgehead atoms. The standard InChI is InChI=1S/C20H21N3O/c24-20(19-14-17-3-1-2-4-18(17)22-19)23-11-7-16(8-12-23)13-15-5-9-21-10-6-15/h1-6,9-10,14,16,22H,7-8,11-13H2. The molecule has 4 heteroatoms. The summed E-state index contributed by atoms with van der Waals surface area (Å²) in [4.78, 5) is 22.0. The van der Waals surface area contributed by atoms with Gasteiger partial charge in [-0.1, -0.05) is 18.2 Å². The molecule has 1 saturated heterocycles. The molecular formula is C20H21N3O. The highest BCUT2D eigenvalue weighted by molar-refractivity contribution is 5.98. The maximum atomic E-state index is 12.7. The summed E-state index contributed by atoms with van der Waals surface area (Å²) in [6.07, 6.45) is 6.91. The first-order valence-corrected chi connectivity index (χ1v) is 8.55. The van der Waals surface area contributed by atoms with Gasteiger partial charge in [-0.3, -0.25) is 9.78 Å². The van der Waals surface area contributed by atoms with Gasteiger partial charge in [0.1, 0.15) is 5.69 Å². The summed E-state index contributed by atoms with van der Waals surface area (Å²) in [7, 11) is 0. The number of fused-ring (bicyclic) bond motifs is 1. The fourth-order valence-electron chi connectivity index (χ4n) is 3.55. The second-order valence-electron chi connectivity index (χ2n) is 6.57. The molecule has 3 heterocycles. The smallest absolute Gasteiger partial charge is 0.270 e. The lowest BCUT2D eigenvalue weighted by atomic mass is 9.90. The van der Waals surface area contributed by atoms with Crippen molar-refractivity contribution in [1.82, 2.24) is 14.9 Å². The number of piperidine rings is 1. The summed E-state index contributed by atoms with van der Waals surface area (Å²) >= 11 is 0. The Labute approximate surface area is 141 Å². The molecule has 0 atom stereocenters. The molecule has 0 saturated carbocycles. The van der Waals surface area contributed by atoms with E-state index in [1.165, 1.54) is 5.56 Å². The van der Waals surface area contributed by atoms with Gasteiger partial charge in [0.15, 0.2) is 0 Å². The molecule has 4 nitrogen and oxygen atoms in total. The van der Waals surface area contributed by atoms with E-state index in [4.69, 9.17) is 0 Å². The maximum absolute atomic E-state index is 12.7. The fourth-order valence-corrected chi connectivity index (χ4v) is 3.55. The Bertz CT molecular complexity index is 799. The number of para-hydroxylation sites is 1. The van der Waals surface area contributed by atoms with Gasteiger partial charge in [-0.15, -0.1) is 0 Å². The highest BCUT2D eigenvalue weighted by atomic mass is 16.2. The summed E-state index contributed by atoms with van der Waals surface area (Å²) in [5.41, 5.74) is 3.06. The van der Waals surface area contributed by atoms with Crippen LogP contribution in [0.15, 0.2) is 54.9 Å². The molecule has 0 spiro atoms. The van der Waals surface area contributed by atoms with Crippen molar-refractivity contribution in [3.05, 3.63) is 66.1 Å². The van der Waals surface area contributed by atoms with E-state index >= 15 is 0 Å². The minimum atomic E-state index is 0.119. The lowest BCUT2D eigenvalue weighted by Gasteiger charge is -2.31. The number of aromatic nitrogens is 2. The van der Waals surface area contributed by atoms with Crippen LogP contribution in [0, 0.1) is 5.92 Å². The Morgan fingerprint density at radius 2 is 1.88 bits per heavy atom. The number of H-pyrrole nitrogens is 1. The third-order valence-corrected chi connectivity index (χ3v) is 4.94. The van der Waals surface area contributed by atoms with E-state index in [-0.39, 0.29) is 5.91 Å². The van der Waals surface area contributed by atoms with Crippen molar-refractivity contribution in [2.45, 2.75) is 19.3 Å². The van der Waals surface area contributed by atoms with Crippen LogP contribution in [0.5, 0.6) is 0 Å². The van der Waals surface area contributed by atoms with Crippen molar-refractivity contribution in [2.24, 2.45) is 5.92 Å². The number of nitrogens with one attached hydrogen (secondary N) is 1. The zero-order valence-corrected chi connectivity index (χ0v) is 13.6. The van der Waals surface area contributed by atoms with Gasteiger partial charge in [-0.25, -0.2) is 0 Å². The minimum absolute atomic E-state index is 0.119. The molecule has 1 aliphatic heterocycles. The molecule has 0 radical (unpaired) electrons. The summed E-state index contributed by atoms with van der Waals surface area (Å²) in [6.45, 7) is 1.67. The zero-order chi connectivity index (χ0) is 16.4. The number of benzene rings is 1. The number of carbonyl (C=O) groups is 1. The first kappa shape index (κ1) is 14.9. The second kappa shape index (κ2) is 6.48. The van der Waals surface area contributed by atoms with Crippen LogP contribution in [0.2, 0.25) is 0 Å². The average Bonchev–Trinajstić information content (AvgIpc) is 3.07. The largest absolute Gasteiger partial charge is 0.351 e. The number of hydrogen-bond acceptors (Lipinski definition) is 2. The molecule has 0 unspecified atom stereocenters. The van der Waals surface area contributed by atoms with Crippen LogP contribution in [-0.4, -0.2) is 33.9 Å². The van der Waals surface area contributed by atoms with Crippen LogP contribution in [-0.2, 0) is 6.42 Å². The third kappa shape index (κ3) is 3.04. The topological polar surface area (TPSA) is 49.0 Å². The highest BCUT2D eigenvalue weighted by Gasteiger charge is 2.24. The number of amides is 1. The van der Waals surface area contributed by atoms with Crippen LogP contribution < -0.4 is 0 Å². The Balaban J connectivity index is 1.39. The lowest BCUT2D eigenvalue weighted by molar-refractivity contribution is 0.0685. The third-order valence-electron chi connectivity index (χ3n) is 4.94. The SMILES string of the molecule is O=C(c1cc2ccccc2[nH]1)N1CCC(Cc2ccncc2)CC1. The lowest BCUT2D eigenvalue weighted by Crippen LogP contribution is -2.39. The van der Waals surface area contributed by atoms with Crippen LogP contribution in [0.25, 0.3) is 10.9 Å². The van der Waals surface area contributed by atoms with Gasteiger partial charge in [0.2, 0.25) is 0 Å². The number of carbonyl (C=O) groups excluding carboxylic acids is 1. The summed E-state index contributed by atoms with van der Waals surface area (Å²) in [5.74, 6) is 0.771. The molecule has 122 valence electrons. The van der Waals surface area contributed by atoms with Gasteiger partial charge in [0, 0.05) is 36.4 Å². The summed E-state index contributed by atoms with van der Waals surface area (Å²) in [5, 5.41) is 1.09. The molecule has 3 aromatic rings. The van der Waals surface area contributed by atoms with E-state index in [1.54, 1.807) is 0 Å². The van der Waals surface area contributed by atoms with Gasteiger partial charge in [-0.2, -0.15) is 0 Å². The maximum Gasteiger partial charge on any atom is 0.270 e. The van der Waals surface area contributed by atoms with E-state index in [9.17, 15) is 4.79 Å². The second-order valence-corrected chi connectivity index (χ2v) is 6.57. The molecular weight excluding hydrogens is 298 g/mol. The molecule has 1 N–H and O–H groups in total. The Morgan fingerprint density at radius 1 is 1.12 bits per heavy atom. The molecule has 1 fully saturated rings. The molecule has 24 heavy (non-hydrogen) atoms. The van der Waals surface area contributed by atoms with Gasteiger partial charge in [0.05, 0.1) is 0 Å². The Hall–Kier alpha value is -2.62. The van der Waals surface area contributed by atoms with Crippen molar-refractivity contribution in [1.29, 1.82) is 0 Å². The molecule has 4 rings (SSSR count). The molecule has 1 amide bonds. The first-order valence-electron chi connectivity index (χ1n) is 8.55. The van der Waals surface area contributed by atoms with Gasteiger partial charge < -0.3 is 9.88 Å². The number of pyridine rings is 1. The monoisotopic (exact) mass is 319 g/mol. The number of hydrogen-bond donors (Lipinski definition) is 1. The van der Waals surface area contributed by atoms with E-state index in [0.29, 0.717) is 11.6 Å². The van der Waals surface area contributed by atoms with Crippen LogP contribution in [0.4, 0.5) is 0 Å². The van der Waals surface area contributed by atoms with Crippen molar-refractivity contribution in [3.63, 3.8) is 0 Å². The Kier molecular flexibility index (Phi) is 4.03. The van der Waals surface area contributed by atoms with Crippen molar-refractivity contribution >= 4 is 16.8 Å². The predicted molar refractivity (Wildman–Crippen MR) is 94.9 cm³/mol. The van der Waals surface area contributed by atoms with Crippen LogP contribution >= 0.6 is 0 Å². The normalized spacial score (nSPS) is 15.8. The van der Waals surface area contributed by atoms with Crippen molar-refractivity contribution in [2.75, 3.05) is 13.1 Å². The quantitative estimate of drug-likeness (QED) is 0.801. The summed E-state index contributed by atoms with van der Waals surface area (Å²) < 4.78 is 0. The van der Waals surface area contributed by atoms with Crippen LogP contribution in [0.1, 0.15) is 28.9 Å². The predicted octanol–water partition coefficient (Wildman–Crippen LogP) is 3.66. The number of rotatable bonds is 3. The summed E-state index contributed by atoms with van der Waals surface area (Å²) in [6, 6.07) is 14.1. The minimum Gasteiger partial charge on any atom is -0.351 e. The highest BCUT2D eigenvalue weighted by Crippen LogP contribution is 2.23. The number of likely N-dealkylation sites (tertiary alicyclic amines) is 1. The van der Waals surface area contributed by atoms with Crippen molar-refractivity contribution < 1.29 is 4.79 Å². The van der Waals surface area contributed by atoms with Gasteiger partial charge in [0.25, 0.3) is 5.91 Å². The van der Waals surface area contributed by atoms with Gasteiger partial charge >= 0.3 is 0 Å². The van der Waals surface area contributed by atoms with Crippen LogP contribution in [0.3, 0.4) is 0 Å². The number of nitrogens with zero attached hydrogens (tertiary/aromatic N) is 2. The fraction of sp³-hybridized carbons (Fsp3) is 0.300. The molecule has 0 aliphatic carbocycles. The first-order chi connectivity index (χ1) is 11.8. The Morgan fingerprint density at radius 3 is 2.62 bits per heavy atom.